The molecule has 0 spiro atoms. The van der Waals surface area contributed by atoms with Crippen molar-refractivity contribution in [1.29, 1.82) is 0 Å². The summed E-state index contributed by atoms with van der Waals surface area (Å²) < 4.78 is 5.66. The molecule has 0 bridgehead atoms. The molecule has 150 valence electrons. The molecule has 0 saturated heterocycles. The summed E-state index contributed by atoms with van der Waals surface area (Å²) in [5, 5.41) is 0.636. The van der Waals surface area contributed by atoms with Crippen LogP contribution >= 0.6 is 11.6 Å². The molecule has 0 heterocycles. The van der Waals surface area contributed by atoms with E-state index in [0.29, 0.717) is 5.02 Å². The number of rotatable bonds is 7. The average molecular weight is 408 g/mol. The van der Waals surface area contributed by atoms with Crippen molar-refractivity contribution in [1.82, 2.24) is 0 Å². The summed E-state index contributed by atoms with van der Waals surface area (Å²) in [5.41, 5.74) is 10.2. The Balaban J connectivity index is 1.73. The standard InChI is InChI=1S/C25H26ClNO2/c1-17(2)23(20-11-13-22(26)14-12-20)25(28)29-24(27)21-10-6-9-19(16-21)15-18-7-4-3-5-8-18/h3-14,16-17,23-24H,15,27H2,1-2H3. The number of halogens is 1. The molecule has 2 N–H and O–H groups in total. The Morgan fingerprint density at radius 1 is 0.897 bits per heavy atom. The van der Waals surface area contributed by atoms with Gasteiger partial charge in [-0.2, -0.15) is 0 Å². The molecular formula is C25H26ClNO2. The number of hydrogen-bond donors (Lipinski definition) is 1. The maximum absolute atomic E-state index is 12.9. The van der Waals surface area contributed by atoms with Crippen LogP contribution in [0, 0.1) is 5.92 Å². The van der Waals surface area contributed by atoms with Gasteiger partial charge in [-0.15, -0.1) is 0 Å². The van der Waals surface area contributed by atoms with Crippen LogP contribution in [0.5, 0.6) is 0 Å². The summed E-state index contributed by atoms with van der Waals surface area (Å²) in [4.78, 5) is 12.9. The molecule has 0 radical (unpaired) electrons. The van der Waals surface area contributed by atoms with E-state index in [1.165, 1.54) is 5.56 Å². The third-order valence-corrected chi connectivity index (χ3v) is 5.18. The average Bonchev–Trinajstić information content (AvgIpc) is 2.70. The zero-order valence-electron chi connectivity index (χ0n) is 16.7. The Morgan fingerprint density at radius 3 is 2.21 bits per heavy atom. The van der Waals surface area contributed by atoms with Crippen LogP contribution in [0.15, 0.2) is 78.9 Å². The van der Waals surface area contributed by atoms with Crippen LogP contribution in [0.25, 0.3) is 0 Å². The van der Waals surface area contributed by atoms with E-state index >= 15 is 0 Å². The molecule has 0 aliphatic carbocycles. The van der Waals surface area contributed by atoms with Crippen molar-refractivity contribution in [2.45, 2.75) is 32.4 Å². The molecular weight excluding hydrogens is 382 g/mol. The SMILES string of the molecule is CC(C)C(C(=O)OC(N)c1cccc(Cc2ccccc2)c1)c1ccc(Cl)cc1. The van der Waals surface area contributed by atoms with Crippen LogP contribution in [0.4, 0.5) is 0 Å². The van der Waals surface area contributed by atoms with E-state index in [0.717, 1.165) is 23.1 Å². The van der Waals surface area contributed by atoms with Crippen LogP contribution in [-0.2, 0) is 16.0 Å². The lowest BCUT2D eigenvalue weighted by Gasteiger charge is -2.23. The fraction of sp³-hybridized carbons (Fsp3) is 0.240. The molecule has 2 atom stereocenters. The lowest BCUT2D eigenvalue weighted by Crippen LogP contribution is -2.26. The molecule has 0 saturated carbocycles. The Morgan fingerprint density at radius 2 is 1.55 bits per heavy atom. The molecule has 2 unspecified atom stereocenters. The fourth-order valence-electron chi connectivity index (χ4n) is 3.44. The molecule has 0 aliphatic heterocycles. The van der Waals surface area contributed by atoms with Crippen LogP contribution in [0.3, 0.4) is 0 Å². The molecule has 0 amide bonds. The topological polar surface area (TPSA) is 52.3 Å². The first-order valence-electron chi connectivity index (χ1n) is 9.78. The van der Waals surface area contributed by atoms with Gasteiger partial charge < -0.3 is 4.74 Å². The second-order valence-electron chi connectivity index (χ2n) is 7.54. The Labute approximate surface area is 177 Å². The summed E-state index contributed by atoms with van der Waals surface area (Å²) in [6.07, 6.45) is -0.0128. The first kappa shape index (κ1) is 21.1. The second kappa shape index (κ2) is 9.73. The van der Waals surface area contributed by atoms with Gasteiger partial charge in [0.15, 0.2) is 6.23 Å². The van der Waals surface area contributed by atoms with Gasteiger partial charge in [0.05, 0.1) is 5.92 Å². The van der Waals surface area contributed by atoms with Crippen LogP contribution in [0.1, 0.15) is 48.2 Å². The van der Waals surface area contributed by atoms with E-state index in [4.69, 9.17) is 22.1 Å². The van der Waals surface area contributed by atoms with Crippen molar-refractivity contribution in [2.24, 2.45) is 11.7 Å². The van der Waals surface area contributed by atoms with Gasteiger partial charge in [-0.3, -0.25) is 10.5 Å². The predicted octanol–water partition coefficient (Wildman–Crippen LogP) is 5.87. The van der Waals surface area contributed by atoms with E-state index in [-0.39, 0.29) is 11.9 Å². The van der Waals surface area contributed by atoms with Gasteiger partial charge in [-0.25, -0.2) is 0 Å². The summed E-state index contributed by atoms with van der Waals surface area (Å²) in [6, 6.07) is 25.4. The van der Waals surface area contributed by atoms with E-state index in [2.05, 4.69) is 18.2 Å². The van der Waals surface area contributed by atoms with Crippen molar-refractivity contribution in [3.05, 3.63) is 106 Å². The summed E-state index contributed by atoms with van der Waals surface area (Å²) in [5.74, 6) is -0.658. The maximum Gasteiger partial charge on any atom is 0.315 e. The maximum atomic E-state index is 12.9. The van der Waals surface area contributed by atoms with E-state index in [9.17, 15) is 4.79 Å². The quantitative estimate of drug-likeness (QED) is 0.393. The van der Waals surface area contributed by atoms with Gasteiger partial charge in [0.2, 0.25) is 0 Å². The highest BCUT2D eigenvalue weighted by Crippen LogP contribution is 2.29. The zero-order valence-corrected chi connectivity index (χ0v) is 17.5. The van der Waals surface area contributed by atoms with Gasteiger partial charge in [0.25, 0.3) is 0 Å². The van der Waals surface area contributed by atoms with Crippen molar-refractivity contribution in [3.63, 3.8) is 0 Å². The normalized spacial score (nSPS) is 13.1. The van der Waals surface area contributed by atoms with Crippen LogP contribution in [0.2, 0.25) is 5.02 Å². The van der Waals surface area contributed by atoms with Crippen molar-refractivity contribution >= 4 is 17.6 Å². The molecule has 3 aromatic rings. The summed E-state index contributed by atoms with van der Waals surface area (Å²) in [6.45, 7) is 3.99. The highest BCUT2D eigenvalue weighted by Gasteiger charge is 2.27. The highest BCUT2D eigenvalue weighted by molar-refractivity contribution is 6.30. The third-order valence-electron chi connectivity index (χ3n) is 4.92. The Bertz CT molecular complexity index is 939. The lowest BCUT2D eigenvalue weighted by atomic mass is 9.88. The predicted molar refractivity (Wildman–Crippen MR) is 118 cm³/mol. The van der Waals surface area contributed by atoms with Gasteiger partial charge in [0.1, 0.15) is 0 Å². The first-order valence-corrected chi connectivity index (χ1v) is 10.2. The Hall–Kier alpha value is -2.62. The smallest absolute Gasteiger partial charge is 0.315 e. The third kappa shape index (κ3) is 5.69. The second-order valence-corrected chi connectivity index (χ2v) is 7.97. The highest BCUT2D eigenvalue weighted by atomic mass is 35.5. The summed E-state index contributed by atoms with van der Waals surface area (Å²) in [7, 11) is 0. The molecule has 3 nitrogen and oxygen atoms in total. The van der Waals surface area contributed by atoms with E-state index in [1.54, 1.807) is 12.1 Å². The molecule has 3 aromatic carbocycles. The van der Waals surface area contributed by atoms with Crippen LogP contribution in [-0.4, -0.2) is 5.97 Å². The first-order chi connectivity index (χ1) is 13.9. The van der Waals surface area contributed by atoms with Gasteiger partial charge in [-0.05, 0) is 41.2 Å². The lowest BCUT2D eigenvalue weighted by molar-refractivity contribution is -0.152. The number of benzene rings is 3. The molecule has 3 rings (SSSR count). The van der Waals surface area contributed by atoms with Crippen molar-refractivity contribution in [3.8, 4) is 0 Å². The minimum Gasteiger partial charge on any atom is -0.442 e. The number of carbonyl (C=O) groups excluding carboxylic acids is 1. The van der Waals surface area contributed by atoms with Crippen molar-refractivity contribution in [2.75, 3.05) is 0 Å². The largest absolute Gasteiger partial charge is 0.442 e. The fourth-order valence-corrected chi connectivity index (χ4v) is 3.57. The molecule has 0 aromatic heterocycles. The Kier molecular flexibility index (Phi) is 7.08. The zero-order chi connectivity index (χ0) is 20.8. The minimum atomic E-state index is -0.813. The molecule has 29 heavy (non-hydrogen) atoms. The minimum absolute atomic E-state index is 0.0697. The summed E-state index contributed by atoms with van der Waals surface area (Å²) >= 11 is 5.98. The number of esters is 1. The molecule has 0 fully saturated rings. The van der Waals surface area contributed by atoms with Gasteiger partial charge in [-0.1, -0.05) is 92.2 Å². The molecule has 4 heteroatoms. The van der Waals surface area contributed by atoms with Crippen LogP contribution < -0.4 is 5.73 Å². The number of ether oxygens (including phenoxy) is 1. The number of hydrogen-bond acceptors (Lipinski definition) is 3. The van der Waals surface area contributed by atoms with Gasteiger partial charge in [0, 0.05) is 10.6 Å². The number of carbonyl (C=O) groups is 1. The number of nitrogens with two attached hydrogens (primary N) is 1. The van der Waals surface area contributed by atoms with E-state index < -0.39 is 12.1 Å². The van der Waals surface area contributed by atoms with Gasteiger partial charge >= 0.3 is 5.97 Å². The monoisotopic (exact) mass is 407 g/mol. The van der Waals surface area contributed by atoms with Crippen molar-refractivity contribution < 1.29 is 9.53 Å². The van der Waals surface area contributed by atoms with E-state index in [1.807, 2.05) is 62.4 Å². The molecule has 0 aliphatic rings.